The molecule has 0 bridgehead atoms. The van der Waals surface area contributed by atoms with Crippen LogP contribution in [0.3, 0.4) is 0 Å². The average molecular weight is 283 g/mol. The van der Waals surface area contributed by atoms with Gasteiger partial charge in [-0.1, -0.05) is 43.0 Å². The monoisotopic (exact) mass is 282 g/mol. The van der Waals surface area contributed by atoms with Gasteiger partial charge in [0.05, 0.1) is 17.5 Å². The Morgan fingerprint density at radius 1 is 1.32 bits per heavy atom. The summed E-state index contributed by atoms with van der Waals surface area (Å²) in [4.78, 5) is 11.8. The fourth-order valence-electron chi connectivity index (χ4n) is 3.03. The Morgan fingerprint density at radius 2 is 1.95 bits per heavy atom. The van der Waals surface area contributed by atoms with Crippen molar-refractivity contribution in [1.29, 1.82) is 0 Å². The van der Waals surface area contributed by atoms with Crippen molar-refractivity contribution in [3.8, 4) is 5.75 Å². The van der Waals surface area contributed by atoms with Crippen LogP contribution in [-0.4, -0.2) is 18.2 Å². The number of rotatable bonds is 3. The number of carboxylic acids is 1. The van der Waals surface area contributed by atoms with Gasteiger partial charge in [0.2, 0.25) is 0 Å². The molecule has 0 unspecified atom stereocenters. The van der Waals surface area contributed by atoms with Gasteiger partial charge in [0.15, 0.2) is 0 Å². The molecule has 0 spiro atoms. The van der Waals surface area contributed by atoms with Crippen LogP contribution in [0.2, 0.25) is 5.02 Å². The van der Waals surface area contributed by atoms with Crippen molar-refractivity contribution in [2.75, 3.05) is 7.11 Å². The van der Waals surface area contributed by atoms with Gasteiger partial charge in [0.25, 0.3) is 0 Å². The van der Waals surface area contributed by atoms with Crippen LogP contribution in [0.4, 0.5) is 0 Å². The molecule has 1 aromatic carbocycles. The lowest BCUT2D eigenvalue weighted by atomic mass is 9.69. The molecule has 0 heterocycles. The van der Waals surface area contributed by atoms with E-state index in [1.807, 2.05) is 19.1 Å². The first kappa shape index (κ1) is 14.2. The molecule has 0 aliphatic heterocycles. The maximum absolute atomic E-state index is 11.8. The molecule has 1 saturated carbocycles. The Labute approximate surface area is 118 Å². The molecular formula is C15H19ClO3. The van der Waals surface area contributed by atoms with Gasteiger partial charge in [0.1, 0.15) is 5.75 Å². The van der Waals surface area contributed by atoms with Gasteiger partial charge < -0.3 is 9.84 Å². The number of ether oxygens (including phenoxy) is 1. The molecule has 0 aromatic heterocycles. The van der Waals surface area contributed by atoms with Crippen LogP contribution >= 0.6 is 11.6 Å². The molecule has 104 valence electrons. The van der Waals surface area contributed by atoms with Crippen LogP contribution in [-0.2, 0) is 10.2 Å². The van der Waals surface area contributed by atoms with Gasteiger partial charge >= 0.3 is 5.97 Å². The molecule has 1 aliphatic rings. The zero-order chi connectivity index (χ0) is 14.0. The van der Waals surface area contributed by atoms with E-state index in [9.17, 15) is 9.90 Å². The summed E-state index contributed by atoms with van der Waals surface area (Å²) >= 11 is 6.39. The molecule has 0 atom stereocenters. The van der Waals surface area contributed by atoms with Gasteiger partial charge in [-0.15, -0.1) is 0 Å². The lowest BCUT2D eigenvalue weighted by molar-refractivity contribution is -0.145. The molecule has 3 nitrogen and oxygen atoms in total. The highest BCUT2D eigenvalue weighted by atomic mass is 35.5. The fourth-order valence-corrected chi connectivity index (χ4v) is 3.50. The highest BCUT2D eigenvalue weighted by Gasteiger charge is 2.43. The topological polar surface area (TPSA) is 46.5 Å². The van der Waals surface area contributed by atoms with Gasteiger partial charge in [0, 0.05) is 0 Å². The number of halogens is 1. The summed E-state index contributed by atoms with van der Waals surface area (Å²) in [5.74, 6) is -0.189. The summed E-state index contributed by atoms with van der Waals surface area (Å²) in [5.41, 5.74) is 0.771. The highest BCUT2D eigenvalue weighted by Crippen LogP contribution is 2.45. The number of aryl methyl sites for hydroxylation is 1. The first-order valence-corrected chi connectivity index (χ1v) is 6.97. The SMILES string of the molecule is COc1c(C)ccc(C2(C(=O)O)CCCCC2)c1Cl. The van der Waals surface area contributed by atoms with E-state index in [1.54, 1.807) is 7.11 Å². The first-order chi connectivity index (χ1) is 9.03. The molecule has 0 amide bonds. The lowest BCUT2D eigenvalue weighted by Crippen LogP contribution is -2.38. The van der Waals surface area contributed by atoms with Crippen LogP contribution < -0.4 is 4.74 Å². The van der Waals surface area contributed by atoms with Crippen molar-refractivity contribution >= 4 is 17.6 Å². The lowest BCUT2D eigenvalue weighted by Gasteiger charge is -2.34. The van der Waals surface area contributed by atoms with Gasteiger partial charge in [-0.3, -0.25) is 4.79 Å². The third kappa shape index (κ3) is 2.32. The molecule has 2 rings (SSSR count). The Kier molecular flexibility index (Phi) is 4.04. The minimum atomic E-state index is -0.851. The zero-order valence-corrected chi connectivity index (χ0v) is 12.1. The van der Waals surface area contributed by atoms with Gasteiger partial charge in [-0.2, -0.15) is 0 Å². The van der Waals surface area contributed by atoms with Crippen LogP contribution in [0.5, 0.6) is 5.75 Å². The minimum absolute atomic E-state index is 0.451. The summed E-state index contributed by atoms with van der Waals surface area (Å²) in [6.45, 7) is 1.91. The summed E-state index contributed by atoms with van der Waals surface area (Å²) in [6.07, 6.45) is 4.25. The third-order valence-corrected chi connectivity index (χ3v) is 4.51. The number of hydrogen-bond acceptors (Lipinski definition) is 2. The standard InChI is InChI=1S/C15H19ClO3/c1-10-6-7-11(12(16)13(10)19-2)15(14(17)18)8-4-3-5-9-15/h6-7H,3-5,8-9H2,1-2H3,(H,17,18). The number of carboxylic acid groups (broad SMARTS) is 1. The van der Waals surface area contributed by atoms with E-state index >= 15 is 0 Å². The smallest absolute Gasteiger partial charge is 0.314 e. The Bertz CT molecular complexity index is 490. The van der Waals surface area contributed by atoms with E-state index in [1.165, 1.54) is 0 Å². The van der Waals surface area contributed by atoms with Crippen molar-refractivity contribution in [2.24, 2.45) is 0 Å². The molecular weight excluding hydrogens is 264 g/mol. The van der Waals surface area contributed by atoms with E-state index in [-0.39, 0.29) is 0 Å². The first-order valence-electron chi connectivity index (χ1n) is 6.60. The summed E-state index contributed by atoms with van der Waals surface area (Å²) in [6, 6.07) is 3.74. The minimum Gasteiger partial charge on any atom is -0.495 e. The normalized spacial score (nSPS) is 18.1. The Hall–Kier alpha value is -1.22. The van der Waals surface area contributed by atoms with Crippen molar-refractivity contribution in [3.63, 3.8) is 0 Å². The number of methoxy groups -OCH3 is 1. The molecule has 0 radical (unpaired) electrons. The molecule has 1 aromatic rings. The predicted octanol–water partition coefficient (Wildman–Crippen LogP) is 3.94. The molecule has 19 heavy (non-hydrogen) atoms. The van der Waals surface area contributed by atoms with Gasteiger partial charge in [-0.25, -0.2) is 0 Å². The van der Waals surface area contributed by atoms with Crippen molar-refractivity contribution in [3.05, 3.63) is 28.3 Å². The van der Waals surface area contributed by atoms with Crippen LogP contribution in [0.25, 0.3) is 0 Å². The number of carbonyl (C=O) groups is 1. The summed E-state index contributed by atoms with van der Waals surface area (Å²) in [7, 11) is 1.56. The second kappa shape index (κ2) is 5.41. The third-order valence-electron chi connectivity index (χ3n) is 4.13. The second-order valence-electron chi connectivity index (χ2n) is 5.23. The molecule has 4 heteroatoms. The quantitative estimate of drug-likeness (QED) is 0.913. The number of hydrogen-bond donors (Lipinski definition) is 1. The van der Waals surface area contributed by atoms with E-state index in [2.05, 4.69) is 0 Å². The Morgan fingerprint density at radius 3 is 2.47 bits per heavy atom. The van der Waals surface area contributed by atoms with E-state index in [0.717, 1.165) is 24.8 Å². The average Bonchev–Trinajstić information content (AvgIpc) is 2.40. The van der Waals surface area contributed by atoms with Gasteiger partial charge in [-0.05, 0) is 30.9 Å². The molecule has 1 fully saturated rings. The van der Waals surface area contributed by atoms with E-state index in [4.69, 9.17) is 16.3 Å². The van der Waals surface area contributed by atoms with Crippen LogP contribution in [0.1, 0.15) is 43.2 Å². The predicted molar refractivity (Wildman–Crippen MR) is 75.1 cm³/mol. The maximum Gasteiger partial charge on any atom is 0.314 e. The molecule has 1 N–H and O–H groups in total. The maximum atomic E-state index is 11.8. The number of benzene rings is 1. The molecule has 0 saturated heterocycles. The second-order valence-corrected chi connectivity index (χ2v) is 5.60. The summed E-state index contributed by atoms with van der Waals surface area (Å²) < 4.78 is 5.31. The van der Waals surface area contributed by atoms with Crippen molar-refractivity contribution in [1.82, 2.24) is 0 Å². The van der Waals surface area contributed by atoms with Crippen molar-refractivity contribution < 1.29 is 14.6 Å². The summed E-state index contributed by atoms with van der Waals surface area (Å²) in [5, 5.41) is 10.2. The fraction of sp³-hybridized carbons (Fsp3) is 0.533. The van der Waals surface area contributed by atoms with Crippen LogP contribution in [0, 0.1) is 6.92 Å². The van der Waals surface area contributed by atoms with Crippen molar-refractivity contribution in [2.45, 2.75) is 44.4 Å². The van der Waals surface area contributed by atoms with E-state index in [0.29, 0.717) is 29.2 Å². The van der Waals surface area contributed by atoms with E-state index < -0.39 is 11.4 Å². The highest BCUT2D eigenvalue weighted by molar-refractivity contribution is 6.33. The molecule has 1 aliphatic carbocycles. The Balaban J connectivity index is 2.57. The number of aliphatic carboxylic acids is 1. The van der Waals surface area contributed by atoms with Crippen LogP contribution in [0.15, 0.2) is 12.1 Å². The largest absolute Gasteiger partial charge is 0.495 e. The zero-order valence-electron chi connectivity index (χ0n) is 11.3.